The second-order valence-electron chi connectivity index (χ2n) is 8.33. The van der Waals surface area contributed by atoms with E-state index >= 15 is 0 Å². The smallest absolute Gasteiger partial charge is 0.319 e. The van der Waals surface area contributed by atoms with E-state index in [1.165, 1.54) is 23.9 Å². The number of nitrogens with zero attached hydrogens (tertiary/aromatic N) is 2. The Morgan fingerprint density at radius 2 is 1.85 bits per heavy atom. The zero-order valence-corrected chi connectivity index (χ0v) is 19.1. The molecule has 1 atom stereocenters. The van der Waals surface area contributed by atoms with Crippen LogP contribution >= 0.6 is 11.8 Å². The lowest BCUT2D eigenvalue weighted by Crippen LogP contribution is -2.53. The molecule has 1 fully saturated rings. The van der Waals surface area contributed by atoms with Crippen LogP contribution in [0.25, 0.3) is 0 Å². The predicted molar refractivity (Wildman–Crippen MR) is 128 cm³/mol. The number of hydrogen-bond acceptors (Lipinski definition) is 3. The maximum absolute atomic E-state index is 14.4. The van der Waals surface area contributed by atoms with Gasteiger partial charge in [-0.05, 0) is 36.2 Å². The summed E-state index contributed by atoms with van der Waals surface area (Å²) < 4.78 is 14.4. The van der Waals surface area contributed by atoms with Crippen LogP contribution in [0, 0.1) is 12.7 Å². The number of thioether (sulfide) groups is 1. The van der Waals surface area contributed by atoms with Crippen molar-refractivity contribution in [3.05, 3.63) is 101 Å². The van der Waals surface area contributed by atoms with Crippen LogP contribution in [0.5, 0.6) is 0 Å². The number of hydrogen-bond donors (Lipinski definition) is 1. The van der Waals surface area contributed by atoms with Crippen molar-refractivity contribution in [1.82, 2.24) is 10.2 Å². The van der Waals surface area contributed by atoms with Gasteiger partial charge in [-0.25, -0.2) is 9.18 Å². The fourth-order valence-electron chi connectivity index (χ4n) is 4.61. The molecule has 0 aromatic heterocycles. The van der Waals surface area contributed by atoms with Crippen LogP contribution in [0.4, 0.5) is 14.9 Å². The number of amides is 3. The van der Waals surface area contributed by atoms with E-state index in [9.17, 15) is 14.0 Å². The van der Waals surface area contributed by atoms with Crippen molar-refractivity contribution >= 4 is 29.4 Å². The standard InChI is InChI=1S/C26H24FN3O2S/c1-18-6-5-9-20(14-18)17-29-23-11-10-21(27)15-22(23)26(24(29)31)30(12-13-33-26)25(32)28-16-19-7-3-2-4-8-19/h2-11,14-15H,12-13,16-17H2,1H3,(H,28,32)/t26-/m0/s1. The number of anilines is 1. The van der Waals surface area contributed by atoms with E-state index in [-0.39, 0.29) is 11.9 Å². The Morgan fingerprint density at radius 3 is 2.64 bits per heavy atom. The summed E-state index contributed by atoms with van der Waals surface area (Å²) in [6.45, 7) is 3.13. The Morgan fingerprint density at radius 1 is 1.06 bits per heavy atom. The van der Waals surface area contributed by atoms with E-state index in [0.717, 1.165) is 16.7 Å². The minimum Gasteiger partial charge on any atom is -0.334 e. The summed E-state index contributed by atoms with van der Waals surface area (Å²) in [5.41, 5.74) is 4.25. The number of fused-ring (bicyclic) bond motifs is 2. The quantitative estimate of drug-likeness (QED) is 0.608. The van der Waals surface area contributed by atoms with Gasteiger partial charge >= 0.3 is 6.03 Å². The molecule has 2 aliphatic rings. The highest BCUT2D eigenvalue weighted by atomic mass is 32.2. The molecule has 3 aromatic carbocycles. The highest BCUT2D eigenvalue weighted by Crippen LogP contribution is 2.54. The van der Waals surface area contributed by atoms with Gasteiger partial charge in [0.2, 0.25) is 0 Å². The number of carbonyl (C=O) groups excluding carboxylic acids is 2. The fourth-order valence-corrected chi connectivity index (χ4v) is 6.06. The number of aryl methyl sites for hydroxylation is 1. The number of rotatable bonds is 4. The normalized spacial score (nSPS) is 19.3. The maximum Gasteiger partial charge on any atom is 0.319 e. The number of urea groups is 1. The molecule has 0 unspecified atom stereocenters. The molecule has 168 valence electrons. The third kappa shape index (κ3) is 3.76. The molecule has 2 aliphatic heterocycles. The molecule has 1 spiro atoms. The number of carbonyl (C=O) groups is 2. The van der Waals surface area contributed by atoms with E-state index in [0.29, 0.717) is 36.6 Å². The highest BCUT2D eigenvalue weighted by molar-refractivity contribution is 8.01. The van der Waals surface area contributed by atoms with Gasteiger partial charge in [0.15, 0.2) is 4.87 Å². The molecule has 2 heterocycles. The zero-order valence-electron chi connectivity index (χ0n) is 18.3. The van der Waals surface area contributed by atoms with Gasteiger partial charge in [0, 0.05) is 24.4 Å². The van der Waals surface area contributed by atoms with Crippen LogP contribution < -0.4 is 10.2 Å². The molecule has 3 amide bonds. The van der Waals surface area contributed by atoms with Crippen LogP contribution in [0.3, 0.4) is 0 Å². The van der Waals surface area contributed by atoms with Crippen molar-refractivity contribution in [1.29, 1.82) is 0 Å². The maximum atomic E-state index is 14.4. The van der Waals surface area contributed by atoms with Gasteiger partial charge in [-0.15, -0.1) is 11.8 Å². The fraction of sp³-hybridized carbons (Fsp3) is 0.231. The first-order valence-corrected chi connectivity index (χ1v) is 11.9. The third-order valence-electron chi connectivity index (χ3n) is 6.11. The molecule has 0 saturated carbocycles. The van der Waals surface area contributed by atoms with E-state index < -0.39 is 10.7 Å². The third-order valence-corrected chi connectivity index (χ3v) is 7.53. The molecule has 33 heavy (non-hydrogen) atoms. The average Bonchev–Trinajstić information content (AvgIpc) is 3.35. The summed E-state index contributed by atoms with van der Waals surface area (Å²) >= 11 is 1.39. The Balaban J connectivity index is 1.48. The first kappa shape index (κ1) is 21.5. The molecule has 1 saturated heterocycles. The Bertz CT molecular complexity index is 1220. The van der Waals surface area contributed by atoms with Crippen LogP contribution in [0.1, 0.15) is 22.3 Å². The average molecular weight is 462 g/mol. The van der Waals surface area contributed by atoms with Crippen molar-refractivity contribution in [2.75, 3.05) is 17.2 Å². The second kappa shape index (κ2) is 8.56. The van der Waals surface area contributed by atoms with Crippen molar-refractivity contribution in [2.24, 2.45) is 0 Å². The minimum absolute atomic E-state index is 0.207. The van der Waals surface area contributed by atoms with E-state index in [1.807, 2.05) is 61.5 Å². The van der Waals surface area contributed by atoms with Gasteiger partial charge in [-0.3, -0.25) is 9.69 Å². The number of benzene rings is 3. The molecule has 0 aliphatic carbocycles. The SMILES string of the molecule is Cc1cccc(CN2C(=O)[C@@]3(SCCN3C(=O)NCc3ccccc3)c3cc(F)ccc32)c1. The Labute approximate surface area is 196 Å². The minimum atomic E-state index is -1.26. The monoisotopic (exact) mass is 461 g/mol. The molecular formula is C26H24FN3O2S. The van der Waals surface area contributed by atoms with Crippen molar-refractivity contribution in [2.45, 2.75) is 24.9 Å². The highest BCUT2D eigenvalue weighted by Gasteiger charge is 2.59. The van der Waals surface area contributed by atoms with Gasteiger partial charge in [-0.2, -0.15) is 0 Å². The zero-order chi connectivity index (χ0) is 23.0. The van der Waals surface area contributed by atoms with Crippen molar-refractivity contribution < 1.29 is 14.0 Å². The predicted octanol–water partition coefficient (Wildman–Crippen LogP) is 4.79. The molecular weight excluding hydrogens is 437 g/mol. The molecule has 3 aromatic rings. The van der Waals surface area contributed by atoms with Gasteiger partial charge < -0.3 is 10.2 Å². The topological polar surface area (TPSA) is 52.7 Å². The van der Waals surface area contributed by atoms with E-state index in [1.54, 1.807) is 15.9 Å². The van der Waals surface area contributed by atoms with Crippen molar-refractivity contribution in [3.8, 4) is 0 Å². The second-order valence-corrected chi connectivity index (χ2v) is 9.62. The molecule has 1 N–H and O–H groups in total. The first-order valence-electron chi connectivity index (χ1n) is 10.9. The molecule has 0 radical (unpaired) electrons. The van der Waals surface area contributed by atoms with Gasteiger partial charge in [0.1, 0.15) is 5.82 Å². The van der Waals surface area contributed by atoms with Crippen LogP contribution in [-0.2, 0) is 22.8 Å². The summed E-state index contributed by atoms with van der Waals surface area (Å²) in [6, 6.07) is 21.7. The molecule has 5 nitrogen and oxygen atoms in total. The number of halogens is 1. The van der Waals surface area contributed by atoms with Gasteiger partial charge in [0.05, 0.1) is 12.2 Å². The Hall–Kier alpha value is -3.32. The number of nitrogens with one attached hydrogen (secondary N) is 1. The summed E-state index contributed by atoms with van der Waals surface area (Å²) in [5, 5.41) is 2.94. The summed E-state index contributed by atoms with van der Waals surface area (Å²) in [4.78, 5) is 29.2. The van der Waals surface area contributed by atoms with Crippen LogP contribution in [0.15, 0.2) is 72.8 Å². The van der Waals surface area contributed by atoms with Gasteiger partial charge in [0.25, 0.3) is 5.91 Å². The largest absolute Gasteiger partial charge is 0.334 e. The lowest BCUT2D eigenvalue weighted by molar-refractivity contribution is -0.123. The van der Waals surface area contributed by atoms with Crippen LogP contribution in [-0.4, -0.2) is 29.1 Å². The van der Waals surface area contributed by atoms with E-state index in [4.69, 9.17) is 0 Å². The van der Waals surface area contributed by atoms with E-state index in [2.05, 4.69) is 5.32 Å². The van der Waals surface area contributed by atoms with Crippen LogP contribution in [0.2, 0.25) is 0 Å². The van der Waals surface area contributed by atoms with Crippen molar-refractivity contribution in [3.63, 3.8) is 0 Å². The van der Waals surface area contributed by atoms with Gasteiger partial charge in [-0.1, -0.05) is 60.2 Å². The lowest BCUT2D eigenvalue weighted by Gasteiger charge is -2.33. The molecule has 0 bridgehead atoms. The summed E-state index contributed by atoms with van der Waals surface area (Å²) in [7, 11) is 0. The Kier molecular flexibility index (Phi) is 5.58. The molecule has 7 heteroatoms. The summed E-state index contributed by atoms with van der Waals surface area (Å²) in [6.07, 6.45) is 0. The molecule has 5 rings (SSSR count). The lowest BCUT2D eigenvalue weighted by atomic mass is 10.1. The summed E-state index contributed by atoms with van der Waals surface area (Å²) in [5.74, 6) is -0.0314. The first-order chi connectivity index (χ1) is 16.0.